The molecule has 4 N–H and O–H groups in total. The maximum Gasteiger partial charge on any atom is 0.416 e. The number of nitrogens with one attached hydrogen (secondary N) is 2. The second-order valence-electron chi connectivity index (χ2n) is 9.18. The lowest BCUT2D eigenvalue weighted by Gasteiger charge is -2.36. The lowest BCUT2D eigenvalue weighted by atomic mass is 9.79. The Morgan fingerprint density at radius 1 is 1.08 bits per heavy atom. The summed E-state index contributed by atoms with van der Waals surface area (Å²) in [6.07, 6.45) is -0.0188. The molecule has 1 saturated carbocycles. The van der Waals surface area contributed by atoms with Crippen LogP contribution in [0.3, 0.4) is 0 Å². The molecule has 0 radical (unpaired) electrons. The Labute approximate surface area is 212 Å². The average molecular weight is 517 g/mol. The van der Waals surface area contributed by atoms with Gasteiger partial charge in [0.25, 0.3) is 0 Å². The number of para-hydroxylation sites is 1. The minimum atomic E-state index is -4.81. The van der Waals surface area contributed by atoms with E-state index in [9.17, 15) is 22.4 Å². The Hall–Kier alpha value is -3.82. The number of nitrogens with zero attached hydrogens (tertiary/aromatic N) is 1. The van der Waals surface area contributed by atoms with E-state index in [-0.39, 0.29) is 23.7 Å². The Balaban J connectivity index is 1.93. The van der Waals surface area contributed by atoms with Crippen LogP contribution in [-0.2, 0) is 18.1 Å². The molecule has 1 heterocycles. The van der Waals surface area contributed by atoms with Crippen LogP contribution in [0.15, 0.2) is 60.8 Å². The van der Waals surface area contributed by atoms with Gasteiger partial charge in [0, 0.05) is 12.5 Å². The van der Waals surface area contributed by atoms with Crippen molar-refractivity contribution in [1.82, 2.24) is 15.6 Å². The number of methoxy groups -OCH3 is 1. The molecular formula is C27H28F4N4O2. The number of anilines is 1. The third-order valence-electron chi connectivity index (χ3n) is 6.61. The zero-order valence-corrected chi connectivity index (χ0v) is 20.2. The number of pyridine rings is 1. The van der Waals surface area contributed by atoms with Crippen LogP contribution in [0.1, 0.15) is 48.1 Å². The van der Waals surface area contributed by atoms with E-state index in [1.54, 1.807) is 24.3 Å². The summed E-state index contributed by atoms with van der Waals surface area (Å²) in [5.41, 5.74) is 3.91. The number of alkyl halides is 3. The number of amides is 2. The van der Waals surface area contributed by atoms with Gasteiger partial charge in [-0.3, -0.25) is 4.98 Å². The Morgan fingerprint density at radius 2 is 1.78 bits per heavy atom. The van der Waals surface area contributed by atoms with E-state index in [2.05, 4.69) is 15.6 Å². The number of ether oxygens (including phenoxy) is 1. The molecule has 37 heavy (non-hydrogen) atoms. The quantitative estimate of drug-likeness (QED) is 0.359. The molecule has 10 heteroatoms. The Kier molecular flexibility index (Phi) is 7.56. The van der Waals surface area contributed by atoms with Crippen molar-refractivity contribution in [1.29, 1.82) is 0 Å². The molecule has 4 rings (SSSR count). The summed E-state index contributed by atoms with van der Waals surface area (Å²) in [5.74, 6) is -0.643. The smallest absolute Gasteiger partial charge is 0.416 e. The summed E-state index contributed by atoms with van der Waals surface area (Å²) in [6.45, 7) is 0. The van der Waals surface area contributed by atoms with E-state index in [1.165, 1.54) is 25.4 Å². The highest BCUT2D eigenvalue weighted by Crippen LogP contribution is 2.39. The molecule has 0 aliphatic heterocycles. The topological polar surface area (TPSA) is 89.3 Å². The molecule has 0 spiro atoms. The number of carbonyl (C=O) groups is 1. The zero-order chi connectivity index (χ0) is 26.6. The van der Waals surface area contributed by atoms with Crippen LogP contribution < -0.4 is 21.1 Å². The Bertz CT molecular complexity index is 1240. The number of hydrogen-bond donors (Lipinski definition) is 3. The number of nitrogens with two attached hydrogens (primary N) is 1. The monoisotopic (exact) mass is 516 g/mol. The number of rotatable bonds is 7. The van der Waals surface area contributed by atoms with Crippen LogP contribution in [0, 0.1) is 5.82 Å². The van der Waals surface area contributed by atoms with Gasteiger partial charge in [-0.1, -0.05) is 31.0 Å². The maximum absolute atomic E-state index is 14.7. The van der Waals surface area contributed by atoms with Gasteiger partial charge in [0.2, 0.25) is 0 Å². The highest BCUT2D eigenvalue weighted by atomic mass is 19.4. The van der Waals surface area contributed by atoms with Crippen LogP contribution >= 0.6 is 0 Å². The van der Waals surface area contributed by atoms with Crippen LogP contribution in [-0.4, -0.2) is 24.2 Å². The second kappa shape index (κ2) is 10.7. The van der Waals surface area contributed by atoms with E-state index in [1.807, 2.05) is 0 Å². The molecule has 0 bridgehead atoms. The summed E-state index contributed by atoms with van der Waals surface area (Å²) in [7, 11) is 1.46. The van der Waals surface area contributed by atoms with Crippen molar-refractivity contribution in [3.05, 3.63) is 89.0 Å². The van der Waals surface area contributed by atoms with Gasteiger partial charge < -0.3 is 21.1 Å². The summed E-state index contributed by atoms with van der Waals surface area (Å²) in [4.78, 5) is 17.7. The molecule has 196 valence electrons. The fourth-order valence-electron chi connectivity index (χ4n) is 4.80. The molecule has 3 aromatic rings. The van der Waals surface area contributed by atoms with Crippen molar-refractivity contribution in [3.63, 3.8) is 0 Å². The maximum atomic E-state index is 14.7. The highest BCUT2D eigenvalue weighted by molar-refractivity contribution is 5.76. The summed E-state index contributed by atoms with van der Waals surface area (Å²) < 4.78 is 61.5. The predicted octanol–water partition coefficient (Wildman–Crippen LogP) is 5.56. The SMILES string of the molecule is COc1ccccc1C[C@](NC(=O)NC1CCCC1)(c1cc(F)cc(C(F)(F)F)c1)c1ccc(N)cn1. The van der Waals surface area contributed by atoms with Gasteiger partial charge in [0.1, 0.15) is 17.1 Å². The van der Waals surface area contributed by atoms with E-state index in [4.69, 9.17) is 10.5 Å². The van der Waals surface area contributed by atoms with Crippen LogP contribution in [0.2, 0.25) is 0 Å². The van der Waals surface area contributed by atoms with Gasteiger partial charge in [0.15, 0.2) is 0 Å². The van der Waals surface area contributed by atoms with Crippen LogP contribution in [0.25, 0.3) is 0 Å². The van der Waals surface area contributed by atoms with Crippen molar-refractivity contribution < 1.29 is 27.1 Å². The van der Waals surface area contributed by atoms with Crippen molar-refractivity contribution in [2.45, 2.75) is 49.9 Å². The minimum Gasteiger partial charge on any atom is -0.496 e. The van der Waals surface area contributed by atoms with Gasteiger partial charge in [-0.2, -0.15) is 13.2 Å². The number of nitrogen functional groups attached to an aromatic ring is 1. The normalized spacial score (nSPS) is 15.7. The van der Waals surface area contributed by atoms with Gasteiger partial charge >= 0.3 is 12.2 Å². The number of benzene rings is 2. The van der Waals surface area contributed by atoms with Crippen LogP contribution in [0.4, 0.5) is 28.0 Å². The molecule has 6 nitrogen and oxygen atoms in total. The first-order valence-corrected chi connectivity index (χ1v) is 11.9. The first-order chi connectivity index (χ1) is 17.6. The first kappa shape index (κ1) is 26.2. The largest absolute Gasteiger partial charge is 0.496 e. The fraction of sp³-hybridized carbons (Fsp3) is 0.333. The number of aromatic nitrogens is 1. The van der Waals surface area contributed by atoms with E-state index in [0.717, 1.165) is 37.8 Å². The van der Waals surface area contributed by atoms with Crippen molar-refractivity contribution in [2.75, 3.05) is 12.8 Å². The predicted molar refractivity (Wildman–Crippen MR) is 131 cm³/mol. The zero-order valence-electron chi connectivity index (χ0n) is 20.2. The third kappa shape index (κ3) is 5.95. The van der Waals surface area contributed by atoms with Crippen molar-refractivity contribution >= 4 is 11.7 Å². The molecule has 1 aromatic heterocycles. The molecule has 0 saturated heterocycles. The lowest BCUT2D eigenvalue weighted by Crippen LogP contribution is -2.54. The van der Waals surface area contributed by atoms with E-state index < -0.39 is 29.1 Å². The first-order valence-electron chi connectivity index (χ1n) is 11.9. The van der Waals surface area contributed by atoms with E-state index >= 15 is 0 Å². The molecule has 1 atom stereocenters. The molecule has 0 unspecified atom stereocenters. The van der Waals surface area contributed by atoms with E-state index in [0.29, 0.717) is 23.1 Å². The lowest BCUT2D eigenvalue weighted by molar-refractivity contribution is -0.137. The van der Waals surface area contributed by atoms with Crippen LogP contribution in [0.5, 0.6) is 5.75 Å². The second-order valence-corrected chi connectivity index (χ2v) is 9.18. The average Bonchev–Trinajstić information content (AvgIpc) is 3.36. The van der Waals surface area contributed by atoms with Gasteiger partial charge in [-0.15, -0.1) is 0 Å². The minimum absolute atomic E-state index is 0.0680. The molecule has 1 fully saturated rings. The number of halogens is 4. The summed E-state index contributed by atoms with van der Waals surface area (Å²) in [5, 5.41) is 5.78. The molecular weight excluding hydrogens is 488 g/mol. The molecule has 2 amide bonds. The van der Waals surface area contributed by atoms with Crippen molar-refractivity contribution in [3.8, 4) is 5.75 Å². The third-order valence-corrected chi connectivity index (χ3v) is 6.61. The number of carbonyl (C=O) groups excluding carboxylic acids is 1. The van der Waals surface area contributed by atoms with Gasteiger partial charge in [-0.25, -0.2) is 9.18 Å². The van der Waals surface area contributed by atoms with Crippen molar-refractivity contribution in [2.24, 2.45) is 0 Å². The highest BCUT2D eigenvalue weighted by Gasteiger charge is 2.41. The molecule has 1 aliphatic rings. The Morgan fingerprint density at radius 3 is 2.43 bits per heavy atom. The summed E-state index contributed by atoms with van der Waals surface area (Å²) >= 11 is 0. The fourth-order valence-corrected chi connectivity index (χ4v) is 4.80. The molecule has 2 aromatic carbocycles. The standard InChI is InChI=1S/C27H28F4N4O2/c1-37-23-9-5-2-6-17(23)15-26(24-11-10-21(32)16-33-24,35-25(36)34-22-7-3-4-8-22)18-12-19(27(29,30)31)14-20(28)13-18/h2,5-6,9-14,16,22H,3-4,7-8,15,32H2,1H3,(H2,34,35,36)/t26-/m0/s1. The van der Waals surface area contributed by atoms with Gasteiger partial charge in [-0.05, 0) is 60.4 Å². The number of urea groups is 1. The number of hydrogen-bond acceptors (Lipinski definition) is 4. The van der Waals surface area contributed by atoms with Gasteiger partial charge in [0.05, 0.1) is 30.3 Å². The summed E-state index contributed by atoms with van der Waals surface area (Å²) in [6, 6.07) is 11.5. The molecule has 1 aliphatic carbocycles.